The van der Waals surface area contributed by atoms with E-state index in [1.807, 2.05) is 18.2 Å². The van der Waals surface area contributed by atoms with Gasteiger partial charge in [-0.25, -0.2) is 4.99 Å². The molecule has 1 aliphatic rings. The average Bonchev–Trinajstić information content (AvgIpc) is 2.79. The summed E-state index contributed by atoms with van der Waals surface area (Å²) in [6, 6.07) is 11.5. The molecule has 0 radical (unpaired) electrons. The highest BCUT2D eigenvalue weighted by molar-refractivity contribution is 5.88. The lowest BCUT2D eigenvalue weighted by Crippen LogP contribution is -2.44. The minimum atomic E-state index is -0.110. The van der Waals surface area contributed by atoms with Gasteiger partial charge in [0.1, 0.15) is 12.4 Å². The molecule has 0 aliphatic carbocycles. The normalized spacial score (nSPS) is 13.2. The third kappa shape index (κ3) is 6.06. The summed E-state index contributed by atoms with van der Waals surface area (Å²) >= 11 is 0. The Labute approximate surface area is 189 Å². The Morgan fingerprint density at radius 1 is 1.12 bits per heavy atom. The van der Waals surface area contributed by atoms with Gasteiger partial charge < -0.3 is 29.7 Å². The summed E-state index contributed by atoms with van der Waals surface area (Å²) in [4.78, 5) is 18.2. The van der Waals surface area contributed by atoms with Gasteiger partial charge in [0.25, 0.3) is 0 Å². The molecule has 0 fully saturated rings. The van der Waals surface area contributed by atoms with Crippen LogP contribution in [0.15, 0.2) is 41.4 Å². The van der Waals surface area contributed by atoms with E-state index in [-0.39, 0.29) is 5.91 Å². The largest absolute Gasteiger partial charge is 0.493 e. The number of nitrogens with one attached hydrogen (secondary N) is 2. The Morgan fingerprint density at radius 3 is 2.56 bits per heavy atom. The van der Waals surface area contributed by atoms with Crippen molar-refractivity contribution < 1.29 is 19.0 Å². The van der Waals surface area contributed by atoms with Gasteiger partial charge in [0.2, 0.25) is 5.91 Å². The molecule has 8 nitrogen and oxygen atoms in total. The first kappa shape index (κ1) is 23.2. The summed E-state index contributed by atoms with van der Waals surface area (Å²) < 4.78 is 16.7. The van der Waals surface area contributed by atoms with Crippen LogP contribution in [-0.4, -0.2) is 57.2 Å². The fourth-order valence-electron chi connectivity index (χ4n) is 3.67. The lowest BCUT2D eigenvalue weighted by Gasteiger charge is -2.32. The minimum absolute atomic E-state index is 0.110. The smallest absolute Gasteiger partial charge is 0.221 e. The molecule has 0 aromatic heterocycles. The van der Waals surface area contributed by atoms with E-state index in [1.165, 1.54) is 18.1 Å². The van der Waals surface area contributed by atoms with E-state index in [2.05, 4.69) is 34.6 Å². The molecule has 3 rings (SSSR count). The van der Waals surface area contributed by atoms with Gasteiger partial charge in [-0.15, -0.1) is 0 Å². The lowest BCUT2D eigenvalue weighted by molar-refractivity contribution is -0.114. The van der Waals surface area contributed by atoms with Crippen LogP contribution in [0.5, 0.6) is 17.2 Å². The van der Waals surface area contributed by atoms with E-state index in [0.29, 0.717) is 24.6 Å². The van der Waals surface area contributed by atoms with Gasteiger partial charge in [0.15, 0.2) is 17.5 Å². The minimum Gasteiger partial charge on any atom is -0.493 e. The number of ether oxygens (including phenoxy) is 3. The van der Waals surface area contributed by atoms with Gasteiger partial charge in [-0.2, -0.15) is 0 Å². The van der Waals surface area contributed by atoms with Crippen LogP contribution >= 0.6 is 0 Å². The summed E-state index contributed by atoms with van der Waals surface area (Å²) in [6.45, 7) is 6.90. The van der Waals surface area contributed by atoms with Crippen LogP contribution in [0.2, 0.25) is 0 Å². The zero-order chi connectivity index (χ0) is 22.9. The molecule has 1 heterocycles. The third-order valence-corrected chi connectivity index (χ3v) is 5.13. The number of benzene rings is 2. The lowest BCUT2D eigenvalue weighted by atomic mass is 9.99. The maximum absolute atomic E-state index is 11.2. The number of methoxy groups -OCH3 is 2. The molecule has 0 saturated heterocycles. The van der Waals surface area contributed by atoms with Crippen molar-refractivity contribution in [2.75, 3.05) is 45.8 Å². The number of hydrogen-bond donors (Lipinski definition) is 2. The molecule has 32 heavy (non-hydrogen) atoms. The molecule has 1 aliphatic heterocycles. The first-order valence-corrected chi connectivity index (χ1v) is 10.8. The zero-order valence-electron chi connectivity index (χ0n) is 19.2. The van der Waals surface area contributed by atoms with Crippen molar-refractivity contribution in [3.8, 4) is 17.2 Å². The fraction of sp³-hybridized carbons (Fsp3) is 0.417. The van der Waals surface area contributed by atoms with Crippen molar-refractivity contribution >= 4 is 17.6 Å². The van der Waals surface area contributed by atoms with Crippen LogP contribution < -0.4 is 24.8 Å². The van der Waals surface area contributed by atoms with Gasteiger partial charge in [0, 0.05) is 38.3 Å². The SMILES string of the molecule is CCNC(=NCCOc1cccc(NC(C)=O)c1)N1CCc2cc(OC)c(OC)cc2C1. The topological polar surface area (TPSA) is 84.4 Å². The zero-order valence-corrected chi connectivity index (χ0v) is 19.2. The number of nitrogens with zero attached hydrogens (tertiary/aromatic N) is 2. The van der Waals surface area contributed by atoms with E-state index in [1.54, 1.807) is 20.3 Å². The first-order valence-electron chi connectivity index (χ1n) is 10.8. The maximum Gasteiger partial charge on any atom is 0.221 e. The Balaban J connectivity index is 1.62. The fourth-order valence-corrected chi connectivity index (χ4v) is 3.67. The second-order valence-corrected chi connectivity index (χ2v) is 7.44. The van der Waals surface area contributed by atoms with Gasteiger partial charge in [-0.1, -0.05) is 6.07 Å². The highest BCUT2D eigenvalue weighted by Gasteiger charge is 2.21. The quantitative estimate of drug-likeness (QED) is 0.373. The molecule has 2 aromatic carbocycles. The van der Waals surface area contributed by atoms with Crippen molar-refractivity contribution in [2.24, 2.45) is 4.99 Å². The molecule has 8 heteroatoms. The van der Waals surface area contributed by atoms with Crippen molar-refractivity contribution in [1.82, 2.24) is 10.2 Å². The summed E-state index contributed by atoms with van der Waals surface area (Å²) in [5.74, 6) is 2.96. The predicted octanol–water partition coefficient (Wildman–Crippen LogP) is 3.06. The van der Waals surface area contributed by atoms with Crippen molar-refractivity contribution in [1.29, 1.82) is 0 Å². The van der Waals surface area contributed by atoms with E-state index in [4.69, 9.17) is 19.2 Å². The monoisotopic (exact) mass is 440 g/mol. The first-order chi connectivity index (χ1) is 15.5. The number of guanidine groups is 1. The molecule has 0 atom stereocenters. The standard InChI is InChI=1S/C24H32N4O4/c1-5-25-24(26-10-12-32-21-8-6-7-20(15-21)27-17(2)29)28-11-9-18-13-22(30-3)23(31-4)14-19(18)16-28/h6-8,13-15H,5,9-12,16H2,1-4H3,(H,25,26)(H,27,29). The predicted molar refractivity (Wildman–Crippen MR) is 126 cm³/mol. The molecule has 0 saturated carbocycles. The van der Waals surface area contributed by atoms with Crippen molar-refractivity contribution in [3.63, 3.8) is 0 Å². The van der Waals surface area contributed by atoms with Crippen LogP contribution in [0.1, 0.15) is 25.0 Å². The number of rotatable bonds is 8. The Kier molecular flexibility index (Phi) is 8.19. The van der Waals surface area contributed by atoms with Crippen molar-refractivity contribution in [3.05, 3.63) is 47.5 Å². The Bertz CT molecular complexity index is 961. The van der Waals surface area contributed by atoms with Crippen LogP contribution in [0.4, 0.5) is 5.69 Å². The van der Waals surface area contributed by atoms with Crippen LogP contribution in [0, 0.1) is 0 Å². The van der Waals surface area contributed by atoms with E-state index >= 15 is 0 Å². The molecular weight excluding hydrogens is 408 g/mol. The highest BCUT2D eigenvalue weighted by Crippen LogP contribution is 2.33. The summed E-state index contributed by atoms with van der Waals surface area (Å²) in [5.41, 5.74) is 3.20. The number of amides is 1. The van der Waals surface area contributed by atoms with Crippen LogP contribution in [0.3, 0.4) is 0 Å². The number of anilines is 1. The summed E-state index contributed by atoms with van der Waals surface area (Å²) in [5, 5.41) is 6.14. The van der Waals surface area contributed by atoms with Crippen LogP contribution in [-0.2, 0) is 17.8 Å². The van der Waals surface area contributed by atoms with E-state index < -0.39 is 0 Å². The maximum atomic E-state index is 11.2. The molecule has 0 spiro atoms. The van der Waals surface area contributed by atoms with Crippen LogP contribution in [0.25, 0.3) is 0 Å². The second kappa shape index (κ2) is 11.3. The average molecular weight is 441 g/mol. The van der Waals surface area contributed by atoms with E-state index in [0.717, 1.165) is 43.5 Å². The van der Waals surface area contributed by atoms with Crippen molar-refractivity contribution in [2.45, 2.75) is 26.8 Å². The Hall–Kier alpha value is -3.42. The number of fused-ring (bicyclic) bond motifs is 1. The van der Waals surface area contributed by atoms with Gasteiger partial charge >= 0.3 is 0 Å². The second-order valence-electron chi connectivity index (χ2n) is 7.44. The molecule has 0 bridgehead atoms. The van der Waals surface area contributed by atoms with Gasteiger partial charge in [0.05, 0.1) is 20.8 Å². The molecule has 1 amide bonds. The molecule has 2 N–H and O–H groups in total. The molecule has 0 unspecified atom stereocenters. The molecule has 2 aromatic rings. The number of carbonyl (C=O) groups is 1. The molecule has 172 valence electrons. The highest BCUT2D eigenvalue weighted by atomic mass is 16.5. The number of hydrogen-bond acceptors (Lipinski definition) is 5. The number of aliphatic imine (C=N–C) groups is 1. The summed E-state index contributed by atoms with van der Waals surface area (Å²) in [6.07, 6.45) is 0.909. The summed E-state index contributed by atoms with van der Waals surface area (Å²) in [7, 11) is 3.32. The Morgan fingerprint density at radius 2 is 1.88 bits per heavy atom. The van der Waals surface area contributed by atoms with Gasteiger partial charge in [-0.3, -0.25) is 4.79 Å². The van der Waals surface area contributed by atoms with Gasteiger partial charge in [-0.05, 0) is 48.7 Å². The molecular formula is C24H32N4O4. The third-order valence-electron chi connectivity index (χ3n) is 5.13. The number of carbonyl (C=O) groups excluding carboxylic acids is 1. The van der Waals surface area contributed by atoms with E-state index in [9.17, 15) is 4.79 Å².